The van der Waals surface area contributed by atoms with Gasteiger partial charge in [0.1, 0.15) is 29.5 Å². The summed E-state index contributed by atoms with van der Waals surface area (Å²) in [5.74, 6) is 2.42. The maximum absolute atomic E-state index is 14.0. The lowest BCUT2D eigenvalue weighted by Gasteiger charge is -2.49. The molecule has 1 aliphatic carbocycles. The van der Waals surface area contributed by atoms with Crippen molar-refractivity contribution in [1.82, 2.24) is 9.97 Å². The molecular weight excluding hydrogens is 575 g/mol. The highest BCUT2D eigenvalue weighted by atomic mass is 19.1. The number of carbonyl (C=O) groups excluding carboxylic acids is 1. The molecule has 0 bridgehead atoms. The molecule has 2 heterocycles. The van der Waals surface area contributed by atoms with Gasteiger partial charge in [0.05, 0.1) is 22.1 Å². The third-order valence-electron chi connectivity index (χ3n) is 10.1. The molecule has 1 aliphatic heterocycles. The van der Waals surface area contributed by atoms with Crippen LogP contribution in [0.2, 0.25) is 0 Å². The van der Waals surface area contributed by atoms with Gasteiger partial charge in [-0.25, -0.2) is 14.4 Å². The van der Waals surface area contributed by atoms with Crippen LogP contribution in [0, 0.1) is 17.7 Å². The predicted molar refractivity (Wildman–Crippen MR) is 179 cm³/mol. The molecule has 5 aromatic carbocycles. The third-order valence-corrected chi connectivity index (χ3v) is 10.1. The normalized spacial score (nSPS) is 20.2. The van der Waals surface area contributed by atoms with Crippen molar-refractivity contribution in [3.8, 4) is 11.5 Å². The van der Waals surface area contributed by atoms with Crippen LogP contribution in [-0.2, 0) is 6.61 Å². The highest BCUT2D eigenvalue weighted by molar-refractivity contribution is 6.13. The molecule has 5 nitrogen and oxygen atoms in total. The van der Waals surface area contributed by atoms with E-state index in [0.717, 1.165) is 45.9 Å². The number of ether oxygens (including phenoxy) is 2. The standard InChI is InChI=1S/C40H35FN2O3/c1-23-12-18-31-30(20-23)35-37-36(28-9-5-6-10-29(28)39(35)46-40(31,2)3)42-33-19-15-25(21-34(33)43-37)38(44)24-13-16-27(17-14-24)45-22-26-8-4-7-11-32(26)41/h4-11,13-17,19,21,23,30-31H,12,18,20,22H2,1-3H3/t23-,30-,31-/m0/s1. The van der Waals surface area contributed by atoms with Crippen LogP contribution < -0.4 is 9.47 Å². The molecule has 0 unspecified atom stereocenters. The Balaban J connectivity index is 1.18. The molecule has 1 aromatic heterocycles. The fourth-order valence-electron chi connectivity index (χ4n) is 7.68. The van der Waals surface area contributed by atoms with Crippen LogP contribution in [0.1, 0.15) is 73.0 Å². The van der Waals surface area contributed by atoms with Crippen LogP contribution in [0.15, 0.2) is 91.0 Å². The minimum Gasteiger partial charge on any atom is -0.489 e. The van der Waals surface area contributed by atoms with Gasteiger partial charge in [-0.15, -0.1) is 0 Å². The summed E-state index contributed by atoms with van der Waals surface area (Å²) in [4.78, 5) is 24.1. The molecule has 0 radical (unpaired) electrons. The van der Waals surface area contributed by atoms with Crippen molar-refractivity contribution in [2.75, 3.05) is 0 Å². The third kappa shape index (κ3) is 4.79. The van der Waals surface area contributed by atoms with Crippen molar-refractivity contribution in [2.45, 2.75) is 58.2 Å². The Morgan fingerprint density at radius 2 is 1.59 bits per heavy atom. The van der Waals surface area contributed by atoms with Gasteiger partial charge in [-0.2, -0.15) is 0 Å². The van der Waals surface area contributed by atoms with E-state index in [1.807, 2.05) is 24.3 Å². The van der Waals surface area contributed by atoms with Gasteiger partial charge in [-0.3, -0.25) is 4.79 Å². The van der Waals surface area contributed by atoms with Crippen molar-refractivity contribution < 1.29 is 18.7 Å². The molecule has 1 fully saturated rings. The Bertz CT molecular complexity index is 2160. The molecule has 0 amide bonds. The molecule has 6 aromatic rings. The van der Waals surface area contributed by atoms with E-state index in [-0.39, 0.29) is 23.8 Å². The van der Waals surface area contributed by atoms with Crippen LogP contribution in [0.5, 0.6) is 11.5 Å². The van der Waals surface area contributed by atoms with E-state index >= 15 is 0 Å². The fourth-order valence-corrected chi connectivity index (χ4v) is 7.68. The summed E-state index contributed by atoms with van der Waals surface area (Å²) < 4.78 is 26.6. The molecule has 2 aliphatic rings. The minimum atomic E-state index is -0.306. The largest absolute Gasteiger partial charge is 0.489 e. The van der Waals surface area contributed by atoms with E-state index < -0.39 is 0 Å². The summed E-state index contributed by atoms with van der Waals surface area (Å²) in [5, 5.41) is 2.11. The van der Waals surface area contributed by atoms with E-state index in [9.17, 15) is 9.18 Å². The summed E-state index contributed by atoms with van der Waals surface area (Å²) in [6, 6.07) is 27.4. The smallest absolute Gasteiger partial charge is 0.193 e. The van der Waals surface area contributed by atoms with Gasteiger partial charge in [0, 0.05) is 38.9 Å². The van der Waals surface area contributed by atoms with Crippen molar-refractivity contribution in [3.05, 3.63) is 119 Å². The Morgan fingerprint density at radius 1 is 0.870 bits per heavy atom. The Kier molecular flexibility index (Phi) is 6.78. The van der Waals surface area contributed by atoms with E-state index in [1.54, 1.807) is 42.5 Å². The number of nitrogens with zero attached hydrogens (tertiary/aromatic N) is 2. The maximum Gasteiger partial charge on any atom is 0.193 e. The van der Waals surface area contributed by atoms with Crippen LogP contribution in [0.4, 0.5) is 4.39 Å². The number of ketones is 1. The average molecular weight is 611 g/mol. The summed E-state index contributed by atoms with van der Waals surface area (Å²) >= 11 is 0. The number of fused-ring (bicyclic) bond motifs is 9. The monoisotopic (exact) mass is 610 g/mol. The van der Waals surface area contributed by atoms with Gasteiger partial charge in [0.25, 0.3) is 0 Å². The highest BCUT2D eigenvalue weighted by Crippen LogP contribution is 2.56. The van der Waals surface area contributed by atoms with Gasteiger partial charge in [0.2, 0.25) is 0 Å². The predicted octanol–water partition coefficient (Wildman–Crippen LogP) is 9.58. The second-order valence-corrected chi connectivity index (χ2v) is 13.5. The summed E-state index contributed by atoms with van der Waals surface area (Å²) in [6.07, 6.45) is 3.42. The zero-order valence-corrected chi connectivity index (χ0v) is 26.2. The first-order valence-corrected chi connectivity index (χ1v) is 16.1. The van der Waals surface area contributed by atoms with Crippen molar-refractivity contribution >= 4 is 38.6 Å². The Labute approximate surface area is 267 Å². The molecule has 46 heavy (non-hydrogen) atoms. The number of aromatic nitrogens is 2. The van der Waals surface area contributed by atoms with Crippen molar-refractivity contribution in [3.63, 3.8) is 0 Å². The SMILES string of the molecule is C[C@H]1CC[C@H]2[C@H](C1)c1c(c3ccccc3c3nc4ccc(C(=O)c5ccc(OCc6ccccc6F)cc5)cc4nc13)OC2(C)C. The second kappa shape index (κ2) is 10.9. The topological polar surface area (TPSA) is 61.3 Å². The second-order valence-electron chi connectivity index (χ2n) is 13.5. The lowest BCUT2D eigenvalue weighted by atomic mass is 9.64. The van der Waals surface area contributed by atoms with Gasteiger partial charge < -0.3 is 9.47 Å². The zero-order chi connectivity index (χ0) is 31.6. The molecule has 1 saturated carbocycles. The van der Waals surface area contributed by atoms with E-state index in [0.29, 0.717) is 45.7 Å². The van der Waals surface area contributed by atoms with Gasteiger partial charge in [-0.05, 0) is 87.1 Å². The number of carbonyl (C=O) groups is 1. The van der Waals surface area contributed by atoms with Crippen LogP contribution in [0.25, 0.3) is 32.8 Å². The number of halogens is 1. The summed E-state index contributed by atoms with van der Waals surface area (Å²) in [7, 11) is 0. The molecule has 6 heteroatoms. The average Bonchev–Trinajstić information content (AvgIpc) is 3.06. The molecular formula is C40H35FN2O3. The maximum atomic E-state index is 14.0. The van der Waals surface area contributed by atoms with Crippen LogP contribution >= 0.6 is 0 Å². The van der Waals surface area contributed by atoms with Gasteiger partial charge in [-0.1, -0.05) is 55.8 Å². The molecule has 3 atom stereocenters. The molecule has 0 saturated heterocycles. The first-order chi connectivity index (χ1) is 22.3. The van der Waals surface area contributed by atoms with E-state index in [2.05, 4.69) is 39.0 Å². The molecule has 0 spiro atoms. The van der Waals surface area contributed by atoms with Crippen LogP contribution in [0.3, 0.4) is 0 Å². The quantitative estimate of drug-likeness (QED) is 0.111. The summed E-state index contributed by atoms with van der Waals surface area (Å²) in [5.41, 5.74) is 5.63. The first kappa shape index (κ1) is 28.6. The van der Waals surface area contributed by atoms with Crippen LogP contribution in [-0.4, -0.2) is 21.4 Å². The number of hydrogen-bond donors (Lipinski definition) is 0. The number of hydrogen-bond acceptors (Lipinski definition) is 5. The summed E-state index contributed by atoms with van der Waals surface area (Å²) in [6.45, 7) is 6.92. The van der Waals surface area contributed by atoms with Crippen molar-refractivity contribution in [2.24, 2.45) is 11.8 Å². The fraction of sp³-hybridized carbons (Fsp3) is 0.275. The molecule has 8 rings (SSSR count). The van der Waals surface area contributed by atoms with Crippen molar-refractivity contribution in [1.29, 1.82) is 0 Å². The Morgan fingerprint density at radius 3 is 2.39 bits per heavy atom. The Hall–Kier alpha value is -4.84. The van der Waals surface area contributed by atoms with Gasteiger partial charge in [0.15, 0.2) is 5.78 Å². The van der Waals surface area contributed by atoms with Gasteiger partial charge >= 0.3 is 0 Å². The van der Waals surface area contributed by atoms with E-state index in [1.165, 1.54) is 18.1 Å². The molecule has 230 valence electrons. The number of benzene rings is 5. The highest BCUT2D eigenvalue weighted by Gasteiger charge is 2.47. The number of rotatable bonds is 5. The lowest BCUT2D eigenvalue weighted by Crippen LogP contribution is -2.46. The molecule has 0 N–H and O–H groups in total. The minimum absolute atomic E-state index is 0.110. The first-order valence-electron chi connectivity index (χ1n) is 16.1. The zero-order valence-electron chi connectivity index (χ0n) is 26.2. The van der Waals surface area contributed by atoms with E-state index in [4.69, 9.17) is 19.4 Å². The lowest BCUT2D eigenvalue weighted by molar-refractivity contribution is -0.0115.